The van der Waals surface area contributed by atoms with E-state index in [2.05, 4.69) is 10.2 Å². The molecule has 0 radical (unpaired) electrons. The lowest BCUT2D eigenvalue weighted by atomic mass is 10.2. The van der Waals surface area contributed by atoms with Crippen LogP contribution in [0.15, 0.2) is 42.5 Å². The average molecular weight is 403 g/mol. The van der Waals surface area contributed by atoms with Crippen LogP contribution in [0.2, 0.25) is 0 Å². The van der Waals surface area contributed by atoms with E-state index >= 15 is 0 Å². The highest BCUT2D eigenvalue weighted by molar-refractivity contribution is 5.95. The maximum Gasteiger partial charge on any atom is 0.282 e. The Kier molecular flexibility index (Phi) is 6.28. The summed E-state index contributed by atoms with van der Waals surface area (Å²) in [6.45, 7) is 4.92. The van der Waals surface area contributed by atoms with Crippen molar-refractivity contribution in [2.24, 2.45) is 0 Å². The van der Waals surface area contributed by atoms with Crippen molar-refractivity contribution < 1.29 is 23.7 Å². The van der Waals surface area contributed by atoms with E-state index in [-0.39, 0.29) is 29.2 Å². The Bertz CT molecular complexity index is 883. The highest BCUT2D eigenvalue weighted by atomic mass is 19.1. The van der Waals surface area contributed by atoms with Crippen LogP contribution in [0.3, 0.4) is 0 Å². The third-order valence-electron chi connectivity index (χ3n) is 5.26. The molecule has 9 heteroatoms. The van der Waals surface area contributed by atoms with Crippen LogP contribution in [0.4, 0.5) is 21.5 Å². The van der Waals surface area contributed by atoms with Crippen molar-refractivity contribution in [1.82, 2.24) is 0 Å². The fourth-order valence-electron chi connectivity index (χ4n) is 3.46. The highest BCUT2D eigenvalue weighted by Crippen LogP contribution is 2.29. The number of amides is 1. The van der Waals surface area contributed by atoms with Gasteiger partial charge in [-0.25, -0.2) is 4.39 Å². The molecular formula is C20H24FN4O4+. The second-order valence-corrected chi connectivity index (χ2v) is 6.97. The summed E-state index contributed by atoms with van der Waals surface area (Å²) in [4.78, 5) is 26.4. The summed E-state index contributed by atoms with van der Waals surface area (Å²) in [6.07, 6.45) is 0. The van der Waals surface area contributed by atoms with Crippen LogP contribution in [0, 0.1) is 15.9 Å². The molecule has 0 saturated carbocycles. The molecule has 0 spiro atoms. The Morgan fingerprint density at radius 2 is 1.90 bits per heavy atom. The number of hydrogen-bond donors (Lipinski definition) is 2. The second kappa shape index (κ2) is 8.87. The third-order valence-corrected chi connectivity index (χ3v) is 5.26. The van der Waals surface area contributed by atoms with Crippen molar-refractivity contribution in [3.63, 3.8) is 0 Å². The van der Waals surface area contributed by atoms with Gasteiger partial charge in [0.05, 0.1) is 50.0 Å². The van der Waals surface area contributed by atoms with E-state index in [9.17, 15) is 19.3 Å². The molecule has 1 heterocycles. The Morgan fingerprint density at radius 1 is 1.24 bits per heavy atom. The summed E-state index contributed by atoms with van der Waals surface area (Å²) in [6, 6.07) is 10.2. The summed E-state index contributed by atoms with van der Waals surface area (Å²) < 4.78 is 18.3. The molecule has 0 aliphatic carbocycles. The first-order valence-electron chi connectivity index (χ1n) is 9.37. The van der Waals surface area contributed by atoms with Gasteiger partial charge in [0, 0.05) is 11.8 Å². The summed E-state index contributed by atoms with van der Waals surface area (Å²) >= 11 is 0. The SMILES string of the molecule is COc1cc([N+](=O)[O-])ccc1NC(=O)[C@@H](C)[NH+]1CCN(c2ccc(F)cc2)CC1. The van der Waals surface area contributed by atoms with Gasteiger partial charge >= 0.3 is 0 Å². The minimum atomic E-state index is -0.512. The summed E-state index contributed by atoms with van der Waals surface area (Å²) in [7, 11) is 1.40. The molecule has 0 aromatic heterocycles. The van der Waals surface area contributed by atoms with Crippen molar-refractivity contribution in [1.29, 1.82) is 0 Å². The Morgan fingerprint density at radius 3 is 2.48 bits per heavy atom. The predicted octanol–water partition coefficient (Wildman–Crippen LogP) is 1.47. The van der Waals surface area contributed by atoms with Gasteiger partial charge in [0.15, 0.2) is 6.04 Å². The smallest absolute Gasteiger partial charge is 0.282 e. The number of nitrogens with zero attached hydrogens (tertiary/aromatic N) is 2. The molecule has 2 N–H and O–H groups in total. The fraction of sp³-hybridized carbons (Fsp3) is 0.350. The number of non-ortho nitro benzene ring substituents is 1. The van der Waals surface area contributed by atoms with E-state index in [0.29, 0.717) is 5.69 Å². The van der Waals surface area contributed by atoms with Gasteiger partial charge in [-0.1, -0.05) is 0 Å². The molecule has 1 atom stereocenters. The maximum atomic E-state index is 13.1. The van der Waals surface area contributed by atoms with Crippen LogP contribution in [0.5, 0.6) is 5.75 Å². The molecule has 0 bridgehead atoms. The van der Waals surface area contributed by atoms with E-state index in [1.165, 1.54) is 37.4 Å². The lowest BCUT2D eigenvalue weighted by molar-refractivity contribution is -0.914. The van der Waals surface area contributed by atoms with Crippen LogP contribution in [0.25, 0.3) is 0 Å². The number of ether oxygens (including phenoxy) is 1. The Labute approximate surface area is 168 Å². The topological polar surface area (TPSA) is 89.1 Å². The number of benzene rings is 2. The van der Waals surface area contributed by atoms with Gasteiger partial charge in [0.2, 0.25) is 0 Å². The number of hydrogen-bond acceptors (Lipinski definition) is 5. The fourth-order valence-corrected chi connectivity index (χ4v) is 3.46. The zero-order valence-electron chi connectivity index (χ0n) is 16.4. The van der Waals surface area contributed by atoms with Gasteiger partial charge in [-0.2, -0.15) is 0 Å². The van der Waals surface area contributed by atoms with Crippen LogP contribution < -0.4 is 19.9 Å². The van der Waals surface area contributed by atoms with Crippen molar-refractivity contribution in [3.05, 3.63) is 58.4 Å². The Hall–Kier alpha value is -3.20. The molecule has 3 rings (SSSR count). The van der Waals surface area contributed by atoms with Crippen molar-refractivity contribution in [2.45, 2.75) is 13.0 Å². The number of carbonyl (C=O) groups excluding carboxylic acids is 1. The summed E-state index contributed by atoms with van der Waals surface area (Å²) in [5.74, 6) is -0.191. The van der Waals surface area contributed by atoms with Gasteiger partial charge in [0.25, 0.3) is 11.6 Å². The number of nitro benzene ring substituents is 1. The number of anilines is 2. The number of methoxy groups -OCH3 is 1. The van der Waals surface area contributed by atoms with Crippen LogP contribution in [0.1, 0.15) is 6.92 Å². The largest absolute Gasteiger partial charge is 0.494 e. The van der Waals surface area contributed by atoms with E-state index < -0.39 is 4.92 Å². The molecule has 1 fully saturated rings. The number of quaternary nitrogens is 1. The van der Waals surface area contributed by atoms with Gasteiger partial charge in [-0.05, 0) is 37.3 Å². The third kappa shape index (κ3) is 4.80. The monoisotopic (exact) mass is 403 g/mol. The van der Waals surface area contributed by atoms with E-state index in [1.54, 1.807) is 12.1 Å². The van der Waals surface area contributed by atoms with E-state index in [0.717, 1.165) is 36.8 Å². The molecule has 1 saturated heterocycles. The first kappa shape index (κ1) is 20.5. The van der Waals surface area contributed by atoms with Crippen LogP contribution in [-0.2, 0) is 4.79 Å². The number of rotatable bonds is 6. The van der Waals surface area contributed by atoms with Gasteiger partial charge in [-0.15, -0.1) is 0 Å². The minimum Gasteiger partial charge on any atom is -0.494 e. The summed E-state index contributed by atoms with van der Waals surface area (Å²) in [5, 5.41) is 13.7. The molecule has 154 valence electrons. The lowest BCUT2D eigenvalue weighted by Crippen LogP contribution is -3.19. The van der Waals surface area contributed by atoms with Gasteiger partial charge in [0.1, 0.15) is 11.6 Å². The summed E-state index contributed by atoms with van der Waals surface area (Å²) in [5.41, 5.74) is 1.27. The first-order chi connectivity index (χ1) is 13.9. The number of nitrogens with one attached hydrogen (secondary N) is 2. The highest BCUT2D eigenvalue weighted by Gasteiger charge is 2.30. The number of carbonyl (C=O) groups is 1. The molecule has 1 aliphatic rings. The van der Waals surface area contributed by atoms with Gasteiger partial charge < -0.3 is 19.9 Å². The quantitative estimate of drug-likeness (QED) is 0.563. The lowest BCUT2D eigenvalue weighted by Gasteiger charge is -2.36. The second-order valence-electron chi connectivity index (χ2n) is 6.97. The number of halogens is 1. The zero-order valence-corrected chi connectivity index (χ0v) is 16.4. The molecule has 1 amide bonds. The van der Waals surface area contributed by atoms with E-state index in [1.807, 2.05) is 6.92 Å². The maximum absolute atomic E-state index is 13.1. The number of piperazine rings is 1. The first-order valence-corrected chi connectivity index (χ1v) is 9.37. The normalized spacial score (nSPS) is 15.6. The minimum absolute atomic E-state index is 0.101. The standard InChI is InChI=1S/C20H23FN4O4/c1-14(20(26)22-18-8-7-17(25(27)28)13-19(18)29-2)23-9-11-24(12-10-23)16-5-3-15(21)4-6-16/h3-8,13-14H,9-12H2,1-2H3,(H,22,26)/p+1/t14-/m1/s1. The molecule has 2 aromatic carbocycles. The molecule has 8 nitrogen and oxygen atoms in total. The van der Waals surface area contributed by atoms with Crippen molar-refractivity contribution >= 4 is 23.0 Å². The van der Waals surface area contributed by atoms with Crippen molar-refractivity contribution in [2.75, 3.05) is 43.5 Å². The van der Waals surface area contributed by atoms with Gasteiger partial charge in [-0.3, -0.25) is 14.9 Å². The zero-order chi connectivity index (χ0) is 21.0. The molecule has 0 unspecified atom stereocenters. The van der Waals surface area contributed by atoms with Crippen LogP contribution >= 0.6 is 0 Å². The average Bonchev–Trinajstić information content (AvgIpc) is 2.74. The number of nitro groups is 1. The van der Waals surface area contributed by atoms with E-state index in [4.69, 9.17) is 4.74 Å². The van der Waals surface area contributed by atoms with Crippen LogP contribution in [-0.4, -0.2) is 50.2 Å². The van der Waals surface area contributed by atoms with Crippen molar-refractivity contribution in [3.8, 4) is 5.75 Å². The molecule has 29 heavy (non-hydrogen) atoms. The molecule has 2 aromatic rings. The molecule has 1 aliphatic heterocycles. The Balaban J connectivity index is 1.60. The molecular weight excluding hydrogens is 379 g/mol. The predicted molar refractivity (Wildman–Crippen MR) is 107 cm³/mol.